The fourth-order valence-corrected chi connectivity index (χ4v) is 5.79. The molecule has 3 heterocycles. The molecule has 3 aromatic heterocycles. The first-order valence-electron chi connectivity index (χ1n) is 12.7. The van der Waals surface area contributed by atoms with E-state index in [1.807, 2.05) is 12.1 Å². The average molecular weight is 595 g/mol. The molecule has 42 heavy (non-hydrogen) atoms. The first-order valence-corrected chi connectivity index (χ1v) is 13.5. The van der Waals surface area contributed by atoms with Gasteiger partial charge in [0.1, 0.15) is 22.6 Å². The van der Waals surface area contributed by atoms with Crippen LogP contribution in [-0.4, -0.2) is 41.6 Å². The van der Waals surface area contributed by atoms with Crippen LogP contribution in [0.15, 0.2) is 59.7 Å². The predicted octanol–water partition coefficient (Wildman–Crippen LogP) is 3.34. The van der Waals surface area contributed by atoms with Crippen LogP contribution < -0.4 is 16.3 Å². The van der Waals surface area contributed by atoms with Crippen molar-refractivity contribution in [2.24, 2.45) is 7.05 Å². The number of alkyl halides is 3. The Labute approximate surface area is 239 Å². The summed E-state index contributed by atoms with van der Waals surface area (Å²) in [5.74, 6) is -1.05. The summed E-state index contributed by atoms with van der Waals surface area (Å²) in [6, 6.07) is 12.3. The van der Waals surface area contributed by atoms with E-state index in [1.54, 1.807) is 24.3 Å². The molecule has 1 aliphatic carbocycles. The maximum Gasteiger partial charge on any atom is 0.425 e. The molecule has 11 nitrogen and oxygen atoms in total. The number of benzene rings is 2. The number of halogens is 3. The van der Waals surface area contributed by atoms with Gasteiger partial charge in [-0.3, -0.25) is 9.59 Å². The lowest BCUT2D eigenvalue weighted by molar-refractivity contribution is -0.134. The van der Waals surface area contributed by atoms with Crippen molar-refractivity contribution in [2.45, 2.75) is 31.6 Å². The van der Waals surface area contributed by atoms with Gasteiger partial charge >= 0.3 is 11.9 Å². The zero-order valence-electron chi connectivity index (χ0n) is 21.8. The number of hydrogen-bond acceptors (Lipinski definition) is 8. The first kappa shape index (κ1) is 27.3. The Bertz CT molecular complexity index is 1910. The van der Waals surface area contributed by atoms with Gasteiger partial charge in [-0.05, 0) is 69.6 Å². The Balaban J connectivity index is 1.11. The molecule has 0 saturated heterocycles. The molecule has 214 valence electrons. The van der Waals surface area contributed by atoms with E-state index < -0.39 is 22.9 Å². The van der Waals surface area contributed by atoms with E-state index in [0.717, 1.165) is 28.2 Å². The summed E-state index contributed by atoms with van der Waals surface area (Å²) in [5.41, 5.74) is 2.67. The minimum Gasteiger partial charge on any atom is -0.347 e. The van der Waals surface area contributed by atoms with Gasteiger partial charge in [0, 0.05) is 24.4 Å². The molecule has 6 rings (SSSR count). The number of fused-ring (bicyclic) bond motifs is 2. The Morgan fingerprint density at radius 2 is 1.81 bits per heavy atom. The van der Waals surface area contributed by atoms with Gasteiger partial charge in [0.05, 0.1) is 11.7 Å². The molecule has 0 unspecified atom stereocenters. The zero-order valence-corrected chi connectivity index (χ0v) is 22.7. The summed E-state index contributed by atoms with van der Waals surface area (Å²) in [6.45, 7) is 0.0566. The van der Waals surface area contributed by atoms with Gasteiger partial charge in [-0.2, -0.15) is 22.5 Å². The molecule has 0 aliphatic heterocycles. The maximum atomic E-state index is 13.0. The molecule has 0 fully saturated rings. The second-order valence-electron chi connectivity index (χ2n) is 9.70. The van der Waals surface area contributed by atoms with Crippen LogP contribution in [0.4, 0.5) is 13.2 Å². The van der Waals surface area contributed by atoms with Crippen LogP contribution >= 0.6 is 11.3 Å². The number of nitrogens with zero attached hydrogens (tertiary/aromatic N) is 6. The van der Waals surface area contributed by atoms with Crippen LogP contribution in [-0.2, 0) is 26.2 Å². The fourth-order valence-electron chi connectivity index (χ4n) is 4.80. The molecule has 0 saturated carbocycles. The number of nitrogens with one attached hydrogen (secondary N) is 2. The van der Waals surface area contributed by atoms with Gasteiger partial charge in [0.25, 0.3) is 11.8 Å². The number of tetrazole rings is 1. The third-order valence-corrected chi connectivity index (χ3v) is 8.07. The number of aryl methyl sites for hydroxylation is 2. The number of carbonyl (C=O) groups is 2. The number of hydrogen-bond donors (Lipinski definition) is 2. The van der Waals surface area contributed by atoms with Crippen molar-refractivity contribution >= 4 is 33.2 Å². The third kappa shape index (κ3) is 5.25. The van der Waals surface area contributed by atoms with E-state index in [4.69, 9.17) is 0 Å². The minimum absolute atomic E-state index is 0.00557. The van der Waals surface area contributed by atoms with E-state index in [0.29, 0.717) is 45.5 Å². The minimum atomic E-state index is -4.42. The molecule has 0 spiro atoms. The summed E-state index contributed by atoms with van der Waals surface area (Å²) in [7, 11) is 1.51. The monoisotopic (exact) mass is 594 g/mol. The van der Waals surface area contributed by atoms with E-state index in [1.165, 1.54) is 17.8 Å². The average Bonchev–Trinajstić information content (AvgIpc) is 3.68. The topological polar surface area (TPSA) is 137 Å². The highest BCUT2D eigenvalue weighted by Gasteiger charge is 2.32. The molecule has 15 heteroatoms. The molecule has 5 aromatic rings. The lowest BCUT2D eigenvalue weighted by Gasteiger charge is -2.14. The van der Waals surface area contributed by atoms with Gasteiger partial charge in [-0.1, -0.05) is 18.2 Å². The Morgan fingerprint density at radius 1 is 1.02 bits per heavy atom. The van der Waals surface area contributed by atoms with Crippen LogP contribution in [0, 0.1) is 0 Å². The molecule has 1 aliphatic rings. The van der Waals surface area contributed by atoms with Crippen molar-refractivity contribution in [1.82, 2.24) is 40.4 Å². The normalized spacial score (nSPS) is 14.6. The second-order valence-corrected chi connectivity index (χ2v) is 10.8. The SMILES string of the molecule is Cn1nnn(-c2ccc3c(c2)CC[C@H]3NC(=O)c2cc(C(=O)NCc3ccc4cc(C(F)(F)F)sc4c3)ncn2)c1=O. The smallest absolute Gasteiger partial charge is 0.347 e. The van der Waals surface area contributed by atoms with Crippen molar-refractivity contribution < 1.29 is 22.8 Å². The lowest BCUT2D eigenvalue weighted by atomic mass is 10.1. The first-order chi connectivity index (χ1) is 20.1. The number of thiophene rings is 1. The van der Waals surface area contributed by atoms with Crippen molar-refractivity contribution in [2.75, 3.05) is 0 Å². The molecular weight excluding hydrogens is 573 g/mol. The molecule has 0 radical (unpaired) electrons. The van der Waals surface area contributed by atoms with E-state index >= 15 is 0 Å². The van der Waals surface area contributed by atoms with Gasteiger partial charge in [0.2, 0.25) is 0 Å². The Morgan fingerprint density at radius 3 is 2.55 bits per heavy atom. The molecule has 2 amide bonds. The molecule has 0 bridgehead atoms. The van der Waals surface area contributed by atoms with E-state index in [9.17, 15) is 27.6 Å². The van der Waals surface area contributed by atoms with Crippen molar-refractivity contribution in [3.63, 3.8) is 0 Å². The fraction of sp³-hybridized carbons (Fsp3) is 0.222. The summed E-state index contributed by atoms with van der Waals surface area (Å²) in [4.78, 5) is 45.2. The maximum absolute atomic E-state index is 13.0. The standard InChI is InChI=1S/C27H21F3N8O3S/c1-37-26(41)38(36-35-37)17-5-6-18-15(9-17)4-7-19(18)34-25(40)21-11-20(32-13-33-21)24(39)31-12-14-2-3-16-10-23(27(28,29)30)42-22(16)8-14/h2-3,5-6,8-11,13,19H,4,7,12H2,1H3,(H,31,39)(H,34,40)/t19-/m1/s1. The lowest BCUT2D eigenvalue weighted by Crippen LogP contribution is -2.29. The number of carbonyl (C=O) groups excluding carboxylic acids is 2. The molecular formula is C27H21F3N8O3S. The number of aromatic nitrogens is 6. The Hall–Kier alpha value is -4.92. The summed E-state index contributed by atoms with van der Waals surface area (Å²) in [6.07, 6.45) is -1.99. The summed E-state index contributed by atoms with van der Waals surface area (Å²) in [5, 5.41) is 13.7. The number of amides is 2. The molecule has 2 N–H and O–H groups in total. The van der Waals surface area contributed by atoms with Gasteiger partial charge in [0.15, 0.2) is 0 Å². The van der Waals surface area contributed by atoms with Crippen LogP contribution in [0.3, 0.4) is 0 Å². The summed E-state index contributed by atoms with van der Waals surface area (Å²) < 4.78 is 41.9. The molecule has 2 aromatic carbocycles. The zero-order chi connectivity index (χ0) is 29.6. The number of rotatable bonds is 6. The highest BCUT2D eigenvalue weighted by atomic mass is 32.1. The quantitative estimate of drug-likeness (QED) is 0.308. The van der Waals surface area contributed by atoms with Gasteiger partial charge < -0.3 is 10.6 Å². The van der Waals surface area contributed by atoms with Crippen LogP contribution in [0.5, 0.6) is 0 Å². The largest absolute Gasteiger partial charge is 0.425 e. The van der Waals surface area contributed by atoms with Crippen molar-refractivity contribution in [3.05, 3.63) is 98.3 Å². The van der Waals surface area contributed by atoms with Crippen LogP contribution in [0.1, 0.15) is 55.0 Å². The molecule has 1 atom stereocenters. The summed E-state index contributed by atoms with van der Waals surface area (Å²) >= 11 is 0.641. The van der Waals surface area contributed by atoms with Crippen LogP contribution in [0.25, 0.3) is 15.8 Å². The second kappa shape index (κ2) is 10.5. The van der Waals surface area contributed by atoms with E-state index in [2.05, 4.69) is 31.0 Å². The van der Waals surface area contributed by atoms with Gasteiger partial charge in [-0.25, -0.2) is 14.8 Å². The van der Waals surface area contributed by atoms with E-state index in [-0.39, 0.29) is 29.7 Å². The highest BCUT2D eigenvalue weighted by molar-refractivity contribution is 7.19. The van der Waals surface area contributed by atoms with Crippen LogP contribution in [0.2, 0.25) is 0 Å². The van der Waals surface area contributed by atoms with Crippen molar-refractivity contribution in [3.8, 4) is 5.69 Å². The van der Waals surface area contributed by atoms with Gasteiger partial charge in [-0.15, -0.1) is 11.3 Å². The predicted molar refractivity (Wildman–Crippen MR) is 145 cm³/mol. The Kier molecular flexibility index (Phi) is 6.80. The third-order valence-electron chi connectivity index (χ3n) is 6.93. The highest BCUT2D eigenvalue weighted by Crippen LogP contribution is 2.38. The van der Waals surface area contributed by atoms with Crippen molar-refractivity contribution in [1.29, 1.82) is 0 Å².